The van der Waals surface area contributed by atoms with Crippen LogP contribution in [-0.2, 0) is 6.42 Å². The maximum absolute atomic E-state index is 13.6. The molecule has 0 saturated heterocycles. The van der Waals surface area contributed by atoms with Crippen molar-refractivity contribution >= 4 is 11.6 Å². The molecule has 1 aromatic rings. The molecule has 4 heteroatoms. The van der Waals surface area contributed by atoms with Gasteiger partial charge in [-0.25, -0.2) is 8.78 Å². The molecule has 0 N–H and O–H groups in total. The molecule has 2 aliphatic rings. The van der Waals surface area contributed by atoms with Crippen molar-refractivity contribution in [3.8, 4) is 0 Å². The Bertz CT molecular complexity index is 618. The summed E-state index contributed by atoms with van der Waals surface area (Å²) < 4.78 is 39.4. The lowest BCUT2D eigenvalue weighted by Gasteiger charge is -2.37. The van der Waals surface area contributed by atoms with E-state index in [1.54, 1.807) is 0 Å². The fraction of sp³-hybridized carbons (Fsp3) is 0.667. The molecule has 0 bridgehead atoms. The van der Waals surface area contributed by atoms with Gasteiger partial charge >= 0.3 is 0 Å². The molecule has 0 radical (unpaired) electrons. The summed E-state index contributed by atoms with van der Waals surface area (Å²) in [6, 6.07) is 2.75. The van der Waals surface area contributed by atoms with E-state index in [2.05, 4.69) is 6.08 Å². The van der Waals surface area contributed by atoms with Crippen LogP contribution in [0.1, 0.15) is 69.8 Å². The van der Waals surface area contributed by atoms with Crippen LogP contribution in [0.25, 0.3) is 0 Å². The normalized spacial score (nSPS) is 28.7. The fourth-order valence-corrected chi connectivity index (χ4v) is 5.34. The quantitative estimate of drug-likeness (QED) is 0.313. The first-order chi connectivity index (χ1) is 13.6. The van der Waals surface area contributed by atoms with Gasteiger partial charge in [0.25, 0.3) is 0 Å². The number of benzene rings is 1. The highest BCUT2D eigenvalue weighted by Crippen LogP contribution is 2.42. The summed E-state index contributed by atoms with van der Waals surface area (Å²) in [5, 5.41) is -0.406. The molecule has 3 rings (SSSR count). The molecular formula is C24H32ClF3. The average molecular weight is 413 g/mol. The summed E-state index contributed by atoms with van der Waals surface area (Å²) >= 11 is 5.56. The Hall–Kier alpha value is -0.960. The van der Waals surface area contributed by atoms with Crippen molar-refractivity contribution in [3.63, 3.8) is 0 Å². The lowest BCUT2D eigenvalue weighted by Crippen LogP contribution is -2.25. The number of allylic oxidation sites excluding steroid dienone is 2. The van der Waals surface area contributed by atoms with Crippen LogP contribution in [0.4, 0.5) is 13.2 Å². The van der Waals surface area contributed by atoms with Crippen molar-refractivity contribution in [2.45, 2.75) is 70.6 Å². The molecular weight excluding hydrogens is 381 g/mol. The molecule has 2 fully saturated rings. The molecule has 156 valence electrons. The minimum absolute atomic E-state index is 0.253. The van der Waals surface area contributed by atoms with E-state index >= 15 is 0 Å². The second kappa shape index (κ2) is 10.7. The van der Waals surface area contributed by atoms with E-state index in [0.29, 0.717) is 23.8 Å². The molecule has 0 spiro atoms. The largest absolute Gasteiger partial charge is 0.251 e. The van der Waals surface area contributed by atoms with Gasteiger partial charge in [0.1, 0.15) is 16.7 Å². The van der Waals surface area contributed by atoms with Gasteiger partial charge in [-0.2, -0.15) is 0 Å². The van der Waals surface area contributed by atoms with Crippen LogP contribution in [0.15, 0.2) is 24.3 Å². The zero-order valence-electron chi connectivity index (χ0n) is 16.6. The average Bonchev–Trinajstić information content (AvgIpc) is 2.71. The van der Waals surface area contributed by atoms with Crippen LogP contribution in [-0.4, -0.2) is 6.67 Å². The molecule has 0 unspecified atom stereocenters. The molecule has 0 atom stereocenters. The van der Waals surface area contributed by atoms with E-state index in [1.165, 1.54) is 63.5 Å². The number of aryl methyl sites for hydroxylation is 1. The molecule has 1 aromatic carbocycles. The maximum atomic E-state index is 13.6. The van der Waals surface area contributed by atoms with E-state index in [-0.39, 0.29) is 6.67 Å². The summed E-state index contributed by atoms with van der Waals surface area (Å²) in [7, 11) is 0. The third-order valence-corrected chi connectivity index (χ3v) is 7.30. The molecule has 0 aromatic heterocycles. The van der Waals surface area contributed by atoms with Crippen molar-refractivity contribution in [1.29, 1.82) is 0 Å². The highest BCUT2D eigenvalue weighted by molar-refractivity contribution is 6.30. The summed E-state index contributed by atoms with van der Waals surface area (Å²) in [5.41, 5.74) is 0.709. The number of rotatable bonds is 7. The first-order valence-electron chi connectivity index (χ1n) is 10.9. The highest BCUT2D eigenvalue weighted by Gasteiger charge is 2.30. The predicted molar refractivity (Wildman–Crippen MR) is 110 cm³/mol. The minimum Gasteiger partial charge on any atom is -0.251 e. The van der Waals surface area contributed by atoms with Crippen LogP contribution < -0.4 is 0 Å². The van der Waals surface area contributed by atoms with Gasteiger partial charge in [-0.05, 0) is 99.2 Å². The number of halogens is 4. The van der Waals surface area contributed by atoms with Crippen molar-refractivity contribution in [2.24, 2.45) is 23.7 Å². The Balaban J connectivity index is 1.38. The van der Waals surface area contributed by atoms with Crippen molar-refractivity contribution in [1.82, 2.24) is 0 Å². The van der Waals surface area contributed by atoms with E-state index < -0.39 is 16.7 Å². The highest BCUT2D eigenvalue weighted by atomic mass is 35.5. The zero-order chi connectivity index (χ0) is 19.9. The van der Waals surface area contributed by atoms with E-state index in [4.69, 9.17) is 11.6 Å². The van der Waals surface area contributed by atoms with Crippen LogP contribution in [0.3, 0.4) is 0 Å². The molecule has 0 amide bonds. The van der Waals surface area contributed by atoms with Gasteiger partial charge in [-0.3, -0.25) is 4.39 Å². The summed E-state index contributed by atoms with van der Waals surface area (Å²) in [4.78, 5) is 0. The Kier molecular flexibility index (Phi) is 8.32. The van der Waals surface area contributed by atoms with Gasteiger partial charge in [0.15, 0.2) is 0 Å². The lowest BCUT2D eigenvalue weighted by atomic mass is 9.68. The van der Waals surface area contributed by atoms with Crippen LogP contribution in [0.5, 0.6) is 0 Å². The van der Waals surface area contributed by atoms with Crippen molar-refractivity contribution in [3.05, 3.63) is 46.5 Å². The van der Waals surface area contributed by atoms with Crippen molar-refractivity contribution < 1.29 is 13.2 Å². The standard InChI is InChI=1S/C24H32ClF3/c25-24-22(27)15-19(16-23(24)28)5-4-18-8-12-21(13-9-18)20-10-6-17(7-11-20)3-1-2-14-26/h1,3,15-18,20-21H,2,4-14H2. The molecule has 28 heavy (non-hydrogen) atoms. The Morgan fingerprint density at radius 2 is 1.46 bits per heavy atom. The number of hydrogen-bond donors (Lipinski definition) is 0. The number of alkyl halides is 1. The Morgan fingerprint density at radius 3 is 2.04 bits per heavy atom. The third kappa shape index (κ3) is 6.02. The second-order valence-electron chi connectivity index (χ2n) is 8.77. The van der Waals surface area contributed by atoms with Gasteiger partial charge in [0.2, 0.25) is 0 Å². The second-order valence-corrected chi connectivity index (χ2v) is 9.15. The lowest BCUT2D eigenvalue weighted by molar-refractivity contribution is 0.152. The minimum atomic E-state index is -0.657. The molecule has 0 nitrogen and oxygen atoms in total. The zero-order valence-corrected chi connectivity index (χ0v) is 17.4. The van der Waals surface area contributed by atoms with Crippen LogP contribution >= 0.6 is 11.6 Å². The summed E-state index contributed by atoms with van der Waals surface area (Å²) in [5.74, 6) is 1.70. The van der Waals surface area contributed by atoms with Gasteiger partial charge in [-0.15, -0.1) is 0 Å². The first-order valence-corrected chi connectivity index (χ1v) is 11.3. The Morgan fingerprint density at radius 1 is 0.893 bits per heavy atom. The fourth-order valence-electron chi connectivity index (χ4n) is 5.23. The molecule has 0 aliphatic heterocycles. The van der Waals surface area contributed by atoms with E-state index in [0.717, 1.165) is 24.7 Å². The van der Waals surface area contributed by atoms with Gasteiger partial charge < -0.3 is 0 Å². The summed E-state index contributed by atoms with van der Waals surface area (Å²) in [6.07, 6.45) is 16.7. The third-order valence-electron chi connectivity index (χ3n) is 6.94. The smallest absolute Gasteiger partial charge is 0.145 e. The van der Waals surface area contributed by atoms with Gasteiger partial charge in [0, 0.05) is 0 Å². The number of hydrogen-bond acceptors (Lipinski definition) is 0. The van der Waals surface area contributed by atoms with Crippen LogP contribution in [0, 0.1) is 35.3 Å². The molecule has 0 heterocycles. The van der Waals surface area contributed by atoms with Gasteiger partial charge in [-0.1, -0.05) is 36.6 Å². The molecule has 2 saturated carbocycles. The summed E-state index contributed by atoms with van der Waals surface area (Å²) in [6.45, 7) is -0.253. The van der Waals surface area contributed by atoms with Crippen LogP contribution in [0.2, 0.25) is 5.02 Å². The van der Waals surface area contributed by atoms with E-state index in [1.807, 2.05) is 6.08 Å². The van der Waals surface area contributed by atoms with E-state index in [9.17, 15) is 13.2 Å². The first kappa shape index (κ1) is 21.7. The topological polar surface area (TPSA) is 0 Å². The monoisotopic (exact) mass is 412 g/mol. The maximum Gasteiger partial charge on any atom is 0.145 e. The SMILES string of the molecule is FCCC=CC1CCC(C2CCC(CCc3cc(F)c(Cl)c(F)c3)CC2)CC1. The molecule has 2 aliphatic carbocycles. The predicted octanol–water partition coefficient (Wildman–Crippen LogP) is 8.08. The Labute approximate surface area is 172 Å². The van der Waals surface area contributed by atoms with Gasteiger partial charge in [0.05, 0.1) is 6.67 Å². The van der Waals surface area contributed by atoms with Crippen molar-refractivity contribution in [2.75, 3.05) is 6.67 Å².